The fraction of sp³-hybridized carbons (Fsp3) is 0.545. The Bertz CT molecular complexity index is 272. The molecule has 1 aromatic heterocycles. The number of hydrogen-bond donors (Lipinski definition) is 1. The number of pyridine rings is 1. The summed E-state index contributed by atoms with van der Waals surface area (Å²) < 4.78 is 0. The van der Waals surface area contributed by atoms with Crippen molar-refractivity contribution in [3.8, 4) is 0 Å². The van der Waals surface area contributed by atoms with Crippen LogP contribution in [0.15, 0.2) is 18.3 Å². The molecule has 1 aromatic rings. The van der Waals surface area contributed by atoms with Gasteiger partial charge in [-0.15, -0.1) is 0 Å². The quantitative estimate of drug-likeness (QED) is 0.751. The molecule has 0 amide bonds. The highest BCUT2D eigenvalue weighted by Crippen LogP contribution is 2.05. The third kappa shape index (κ3) is 5.72. The molecular weight excluding hydrogens is 210 g/mol. The molecule has 84 valence electrons. The third-order valence-electron chi connectivity index (χ3n) is 2.05. The number of aromatic nitrogens is 1. The summed E-state index contributed by atoms with van der Waals surface area (Å²) in [6.45, 7) is 2.94. The van der Waals surface area contributed by atoms with Gasteiger partial charge in [0.15, 0.2) is 0 Å². The van der Waals surface area contributed by atoms with Gasteiger partial charge in [0, 0.05) is 12.7 Å². The second-order valence-electron chi connectivity index (χ2n) is 3.80. The van der Waals surface area contributed by atoms with Crippen LogP contribution in [0.2, 0.25) is 5.02 Å². The van der Waals surface area contributed by atoms with Crippen LogP contribution in [0.5, 0.6) is 0 Å². The van der Waals surface area contributed by atoms with E-state index in [1.807, 2.05) is 12.1 Å². The van der Waals surface area contributed by atoms with Crippen LogP contribution in [0.3, 0.4) is 0 Å². The summed E-state index contributed by atoms with van der Waals surface area (Å²) in [6.07, 6.45) is 2.83. The molecule has 0 saturated carbocycles. The fourth-order valence-corrected chi connectivity index (χ4v) is 1.36. The van der Waals surface area contributed by atoms with Gasteiger partial charge in [-0.1, -0.05) is 11.6 Å². The lowest BCUT2D eigenvalue weighted by atomic mass is 10.3. The predicted molar refractivity (Wildman–Crippen MR) is 64.1 cm³/mol. The van der Waals surface area contributed by atoms with Crippen LogP contribution in [0, 0.1) is 0 Å². The van der Waals surface area contributed by atoms with Crippen molar-refractivity contribution in [2.24, 2.45) is 0 Å². The Morgan fingerprint density at radius 2 is 2.20 bits per heavy atom. The number of nitrogens with one attached hydrogen (secondary N) is 1. The first kappa shape index (κ1) is 12.4. The maximum Gasteiger partial charge on any atom is 0.0589 e. The second-order valence-corrected chi connectivity index (χ2v) is 4.24. The van der Waals surface area contributed by atoms with Crippen LogP contribution in [-0.2, 0) is 6.54 Å². The lowest BCUT2D eigenvalue weighted by molar-refractivity contribution is 0.394. The minimum Gasteiger partial charge on any atom is -0.311 e. The minimum absolute atomic E-state index is 0.686. The van der Waals surface area contributed by atoms with Crippen LogP contribution in [0.1, 0.15) is 12.1 Å². The SMILES string of the molecule is CN(C)CCCNCc1ccc(Cl)cn1. The summed E-state index contributed by atoms with van der Waals surface area (Å²) in [7, 11) is 4.17. The van der Waals surface area contributed by atoms with Crippen molar-refractivity contribution < 1.29 is 0 Å². The highest BCUT2D eigenvalue weighted by molar-refractivity contribution is 6.30. The summed E-state index contributed by atoms with van der Waals surface area (Å²) in [6, 6.07) is 3.81. The third-order valence-corrected chi connectivity index (χ3v) is 2.28. The van der Waals surface area contributed by atoms with E-state index in [0.717, 1.165) is 31.7 Å². The largest absolute Gasteiger partial charge is 0.311 e. The minimum atomic E-state index is 0.686. The van der Waals surface area contributed by atoms with Gasteiger partial charge in [-0.05, 0) is 45.7 Å². The van der Waals surface area contributed by atoms with Gasteiger partial charge in [0.2, 0.25) is 0 Å². The molecule has 0 aliphatic rings. The molecular formula is C11H18ClN3. The fourth-order valence-electron chi connectivity index (χ4n) is 1.25. The topological polar surface area (TPSA) is 28.2 Å². The zero-order valence-corrected chi connectivity index (χ0v) is 10.1. The predicted octanol–water partition coefficient (Wildman–Crippen LogP) is 1.78. The van der Waals surface area contributed by atoms with E-state index in [1.54, 1.807) is 6.20 Å². The maximum atomic E-state index is 5.74. The number of halogens is 1. The average molecular weight is 228 g/mol. The molecule has 0 fully saturated rings. The first-order valence-electron chi connectivity index (χ1n) is 5.14. The molecule has 0 spiro atoms. The van der Waals surface area contributed by atoms with E-state index in [0.29, 0.717) is 5.02 Å². The molecule has 0 saturated heterocycles. The van der Waals surface area contributed by atoms with E-state index in [-0.39, 0.29) is 0 Å². The van der Waals surface area contributed by atoms with Crippen LogP contribution < -0.4 is 5.32 Å². The molecule has 1 N–H and O–H groups in total. The number of hydrogen-bond acceptors (Lipinski definition) is 3. The summed E-state index contributed by atoms with van der Waals surface area (Å²) in [5.74, 6) is 0. The zero-order chi connectivity index (χ0) is 11.1. The van der Waals surface area contributed by atoms with Gasteiger partial charge in [-0.25, -0.2) is 0 Å². The Hall–Kier alpha value is -0.640. The first-order valence-corrected chi connectivity index (χ1v) is 5.52. The smallest absolute Gasteiger partial charge is 0.0589 e. The van der Waals surface area contributed by atoms with Gasteiger partial charge in [0.05, 0.1) is 10.7 Å². The van der Waals surface area contributed by atoms with Crippen LogP contribution in [-0.4, -0.2) is 37.1 Å². The van der Waals surface area contributed by atoms with E-state index in [9.17, 15) is 0 Å². The molecule has 1 heterocycles. The van der Waals surface area contributed by atoms with E-state index >= 15 is 0 Å². The summed E-state index contributed by atoms with van der Waals surface area (Å²) in [5, 5.41) is 4.03. The standard InChI is InChI=1S/C11H18ClN3/c1-15(2)7-3-6-13-9-11-5-4-10(12)8-14-11/h4-5,8,13H,3,6-7,9H2,1-2H3. The molecule has 3 nitrogen and oxygen atoms in total. The van der Waals surface area contributed by atoms with Crippen molar-refractivity contribution in [3.63, 3.8) is 0 Å². The van der Waals surface area contributed by atoms with Gasteiger partial charge in [0.25, 0.3) is 0 Å². The molecule has 0 aliphatic heterocycles. The lowest BCUT2D eigenvalue weighted by Crippen LogP contribution is -2.21. The Balaban J connectivity index is 2.12. The average Bonchev–Trinajstić information content (AvgIpc) is 2.20. The van der Waals surface area contributed by atoms with Gasteiger partial charge in [-0.2, -0.15) is 0 Å². The molecule has 0 aliphatic carbocycles. The van der Waals surface area contributed by atoms with Crippen LogP contribution in [0.25, 0.3) is 0 Å². The molecule has 0 radical (unpaired) electrons. The zero-order valence-electron chi connectivity index (χ0n) is 9.33. The van der Waals surface area contributed by atoms with Gasteiger partial charge >= 0.3 is 0 Å². The van der Waals surface area contributed by atoms with Gasteiger partial charge in [0.1, 0.15) is 0 Å². The van der Waals surface area contributed by atoms with Gasteiger partial charge < -0.3 is 10.2 Å². The second kappa shape index (κ2) is 6.77. The molecule has 0 atom stereocenters. The summed E-state index contributed by atoms with van der Waals surface area (Å²) >= 11 is 5.74. The molecule has 0 aromatic carbocycles. The Morgan fingerprint density at radius 1 is 1.40 bits per heavy atom. The Labute approximate surface area is 96.5 Å². The summed E-state index contributed by atoms with van der Waals surface area (Å²) in [4.78, 5) is 6.39. The van der Waals surface area contributed by atoms with Crippen LogP contribution >= 0.6 is 11.6 Å². The van der Waals surface area contributed by atoms with E-state index < -0.39 is 0 Å². The highest BCUT2D eigenvalue weighted by atomic mass is 35.5. The Kier molecular flexibility index (Phi) is 5.61. The van der Waals surface area contributed by atoms with Crippen molar-refractivity contribution >= 4 is 11.6 Å². The summed E-state index contributed by atoms with van der Waals surface area (Å²) in [5.41, 5.74) is 1.03. The molecule has 0 bridgehead atoms. The first-order chi connectivity index (χ1) is 7.18. The molecule has 0 unspecified atom stereocenters. The van der Waals surface area contributed by atoms with E-state index in [1.165, 1.54) is 0 Å². The Morgan fingerprint density at radius 3 is 2.80 bits per heavy atom. The lowest BCUT2D eigenvalue weighted by Gasteiger charge is -2.09. The van der Waals surface area contributed by atoms with Crippen LogP contribution in [0.4, 0.5) is 0 Å². The highest BCUT2D eigenvalue weighted by Gasteiger charge is 1.94. The molecule has 15 heavy (non-hydrogen) atoms. The molecule has 4 heteroatoms. The van der Waals surface area contributed by atoms with Crippen molar-refractivity contribution in [2.45, 2.75) is 13.0 Å². The van der Waals surface area contributed by atoms with Crippen molar-refractivity contribution in [2.75, 3.05) is 27.2 Å². The van der Waals surface area contributed by atoms with Gasteiger partial charge in [-0.3, -0.25) is 4.98 Å². The number of nitrogens with zero attached hydrogens (tertiary/aromatic N) is 2. The monoisotopic (exact) mass is 227 g/mol. The van der Waals surface area contributed by atoms with Crippen molar-refractivity contribution in [1.29, 1.82) is 0 Å². The number of rotatable bonds is 6. The van der Waals surface area contributed by atoms with E-state index in [4.69, 9.17) is 11.6 Å². The normalized spacial score (nSPS) is 10.9. The van der Waals surface area contributed by atoms with Crippen molar-refractivity contribution in [3.05, 3.63) is 29.0 Å². The van der Waals surface area contributed by atoms with E-state index in [2.05, 4.69) is 29.3 Å². The maximum absolute atomic E-state index is 5.74. The van der Waals surface area contributed by atoms with Crippen molar-refractivity contribution in [1.82, 2.24) is 15.2 Å². The molecule has 1 rings (SSSR count).